The van der Waals surface area contributed by atoms with Crippen LogP contribution in [0.5, 0.6) is 0 Å². The van der Waals surface area contributed by atoms with E-state index >= 15 is 0 Å². The van der Waals surface area contributed by atoms with Crippen LogP contribution < -0.4 is 10.2 Å². The van der Waals surface area contributed by atoms with Gasteiger partial charge in [0.1, 0.15) is 0 Å². The molecule has 0 spiro atoms. The molecule has 0 radical (unpaired) electrons. The van der Waals surface area contributed by atoms with E-state index in [1.807, 2.05) is 37.3 Å². The van der Waals surface area contributed by atoms with Gasteiger partial charge in [-0.15, -0.1) is 0 Å². The van der Waals surface area contributed by atoms with Crippen molar-refractivity contribution in [3.63, 3.8) is 0 Å². The fourth-order valence-corrected chi connectivity index (χ4v) is 4.38. The lowest BCUT2D eigenvalue weighted by Crippen LogP contribution is -2.38. The van der Waals surface area contributed by atoms with Crippen molar-refractivity contribution in [1.82, 2.24) is 10.3 Å². The summed E-state index contributed by atoms with van der Waals surface area (Å²) in [6, 6.07) is 16.0. The van der Waals surface area contributed by atoms with Crippen LogP contribution in [0.25, 0.3) is 10.2 Å². The second-order valence-electron chi connectivity index (χ2n) is 6.97. The van der Waals surface area contributed by atoms with Crippen LogP contribution in [0.15, 0.2) is 48.5 Å². The number of rotatable bonds is 4. The fraction of sp³-hybridized carbons (Fsp3) is 0.333. The summed E-state index contributed by atoms with van der Waals surface area (Å²) in [7, 11) is 0. The topological polar surface area (TPSA) is 45.2 Å². The Morgan fingerprint density at radius 1 is 1.15 bits per heavy atom. The van der Waals surface area contributed by atoms with Crippen molar-refractivity contribution < 1.29 is 4.79 Å². The lowest BCUT2D eigenvalue weighted by molar-refractivity contribution is 0.0945. The van der Waals surface area contributed by atoms with Crippen LogP contribution in [0, 0.1) is 12.8 Å². The molecular weight excluding hydrogens is 342 g/mol. The minimum Gasteiger partial charge on any atom is -0.352 e. The second kappa shape index (κ2) is 7.46. The van der Waals surface area contributed by atoms with E-state index < -0.39 is 0 Å². The third kappa shape index (κ3) is 3.73. The van der Waals surface area contributed by atoms with Gasteiger partial charge in [-0.25, -0.2) is 4.98 Å². The summed E-state index contributed by atoms with van der Waals surface area (Å²) in [5.74, 6) is 0.564. The molecule has 2 heterocycles. The highest BCUT2D eigenvalue weighted by Gasteiger charge is 2.22. The van der Waals surface area contributed by atoms with E-state index in [1.54, 1.807) is 11.3 Å². The highest BCUT2D eigenvalue weighted by atomic mass is 32.1. The Bertz CT molecular complexity index is 862. The van der Waals surface area contributed by atoms with Crippen molar-refractivity contribution in [2.24, 2.45) is 5.92 Å². The molecule has 1 N–H and O–H groups in total. The minimum absolute atomic E-state index is 0.0265. The van der Waals surface area contributed by atoms with Gasteiger partial charge in [0.05, 0.1) is 10.2 Å². The van der Waals surface area contributed by atoms with E-state index in [4.69, 9.17) is 4.98 Å². The van der Waals surface area contributed by atoms with Crippen LogP contribution in [-0.2, 0) is 0 Å². The summed E-state index contributed by atoms with van der Waals surface area (Å²) in [6.45, 7) is 4.79. The molecule has 4 rings (SSSR count). The average molecular weight is 366 g/mol. The molecule has 2 aromatic carbocycles. The standard InChI is InChI=1S/C21H23N3OS/c1-15-6-8-17(9-7-15)20(25)22-14-16-10-12-24(13-11-16)21-23-18-4-2-3-5-19(18)26-21/h2-9,16H,10-14H2,1H3,(H,22,25). The van der Waals surface area contributed by atoms with Gasteiger partial charge in [-0.05, 0) is 49.9 Å². The van der Waals surface area contributed by atoms with Gasteiger partial charge in [0.2, 0.25) is 0 Å². The number of hydrogen-bond acceptors (Lipinski definition) is 4. The zero-order valence-electron chi connectivity index (χ0n) is 14.9. The number of para-hydroxylation sites is 1. The predicted molar refractivity (Wildman–Crippen MR) is 108 cm³/mol. The number of fused-ring (bicyclic) bond motifs is 1. The Hall–Kier alpha value is -2.40. The smallest absolute Gasteiger partial charge is 0.251 e. The van der Waals surface area contributed by atoms with Crippen molar-refractivity contribution >= 4 is 32.6 Å². The normalized spacial score (nSPS) is 15.3. The summed E-state index contributed by atoms with van der Waals surface area (Å²) in [5.41, 5.74) is 2.99. The van der Waals surface area contributed by atoms with E-state index in [1.165, 1.54) is 10.3 Å². The molecular formula is C21H23N3OS. The third-order valence-electron chi connectivity index (χ3n) is 5.03. The highest BCUT2D eigenvalue weighted by molar-refractivity contribution is 7.22. The number of piperidine rings is 1. The molecule has 0 bridgehead atoms. The maximum atomic E-state index is 12.3. The van der Waals surface area contributed by atoms with Crippen molar-refractivity contribution in [1.29, 1.82) is 0 Å². The number of carbonyl (C=O) groups excluding carboxylic acids is 1. The molecule has 0 saturated carbocycles. The molecule has 0 aliphatic carbocycles. The monoisotopic (exact) mass is 365 g/mol. The fourth-order valence-electron chi connectivity index (χ4n) is 3.37. The SMILES string of the molecule is Cc1ccc(C(=O)NCC2CCN(c3nc4ccccc4s3)CC2)cc1. The second-order valence-corrected chi connectivity index (χ2v) is 7.98. The molecule has 1 aliphatic heterocycles. The van der Waals surface area contributed by atoms with Gasteiger partial charge in [0, 0.05) is 25.2 Å². The maximum Gasteiger partial charge on any atom is 0.251 e. The number of anilines is 1. The van der Waals surface area contributed by atoms with Crippen LogP contribution in [0.4, 0.5) is 5.13 Å². The zero-order chi connectivity index (χ0) is 17.9. The molecule has 1 amide bonds. The van der Waals surface area contributed by atoms with Crippen molar-refractivity contribution in [2.75, 3.05) is 24.5 Å². The third-order valence-corrected chi connectivity index (χ3v) is 6.13. The van der Waals surface area contributed by atoms with Gasteiger partial charge in [0.25, 0.3) is 5.91 Å². The van der Waals surface area contributed by atoms with E-state index in [9.17, 15) is 4.79 Å². The molecule has 1 saturated heterocycles. The van der Waals surface area contributed by atoms with Gasteiger partial charge in [-0.3, -0.25) is 4.79 Å². The Balaban J connectivity index is 1.29. The first kappa shape index (κ1) is 17.0. The van der Waals surface area contributed by atoms with Crippen molar-refractivity contribution in [3.05, 3.63) is 59.7 Å². The number of aromatic nitrogens is 1. The van der Waals surface area contributed by atoms with Crippen LogP contribution in [-0.4, -0.2) is 30.5 Å². The summed E-state index contributed by atoms with van der Waals surface area (Å²) in [5, 5.41) is 4.21. The molecule has 0 unspecified atom stereocenters. The van der Waals surface area contributed by atoms with Crippen LogP contribution in [0.1, 0.15) is 28.8 Å². The summed E-state index contributed by atoms with van der Waals surface area (Å²) >= 11 is 1.77. The van der Waals surface area contributed by atoms with E-state index in [-0.39, 0.29) is 5.91 Å². The number of nitrogens with zero attached hydrogens (tertiary/aromatic N) is 2. The first-order valence-electron chi connectivity index (χ1n) is 9.14. The summed E-state index contributed by atoms with van der Waals surface area (Å²) in [4.78, 5) is 19.4. The predicted octanol–water partition coefficient (Wildman–Crippen LogP) is 4.25. The number of hydrogen-bond donors (Lipinski definition) is 1. The molecule has 1 aromatic heterocycles. The first-order valence-corrected chi connectivity index (χ1v) is 9.96. The summed E-state index contributed by atoms with van der Waals surface area (Å²) < 4.78 is 1.25. The zero-order valence-corrected chi connectivity index (χ0v) is 15.8. The lowest BCUT2D eigenvalue weighted by atomic mass is 9.97. The molecule has 1 fully saturated rings. The van der Waals surface area contributed by atoms with Gasteiger partial charge in [0.15, 0.2) is 5.13 Å². The lowest BCUT2D eigenvalue weighted by Gasteiger charge is -2.31. The number of thiazole rings is 1. The highest BCUT2D eigenvalue weighted by Crippen LogP contribution is 2.31. The Morgan fingerprint density at radius 2 is 1.88 bits per heavy atom. The number of amides is 1. The van der Waals surface area contributed by atoms with Crippen LogP contribution >= 0.6 is 11.3 Å². The van der Waals surface area contributed by atoms with E-state index in [0.29, 0.717) is 5.92 Å². The molecule has 0 atom stereocenters. The quantitative estimate of drug-likeness (QED) is 0.752. The van der Waals surface area contributed by atoms with Crippen LogP contribution in [0.3, 0.4) is 0 Å². The Labute approximate surface area is 157 Å². The van der Waals surface area contributed by atoms with E-state index in [0.717, 1.165) is 48.7 Å². The number of aryl methyl sites for hydroxylation is 1. The number of benzene rings is 2. The molecule has 3 aromatic rings. The molecule has 134 valence electrons. The molecule has 5 heteroatoms. The van der Waals surface area contributed by atoms with Crippen molar-refractivity contribution in [2.45, 2.75) is 19.8 Å². The average Bonchev–Trinajstić information content (AvgIpc) is 3.11. The number of carbonyl (C=O) groups is 1. The van der Waals surface area contributed by atoms with E-state index in [2.05, 4.69) is 28.4 Å². The van der Waals surface area contributed by atoms with Crippen molar-refractivity contribution in [3.8, 4) is 0 Å². The largest absolute Gasteiger partial charge is 0.352 e. The molecule has 4 nitrogen and oxygen atoms in total. The van der Waals surface area contributed by atoms with Gasteiger partial charge < -0.3 is 10.2 Å². The Morgan fingerprint density at radius 3 is 2.62 bits per heavy atom. The molecule has 26 heavy (non-hydrogen) atoms. The molecule has 1 aliphatic rings. The van der Waals surface area contributed by atoms with Crippen LogP contribution in [0.2, 0.25) is 0 Å². The van der Waals surface area contributed by atoms with Gasteiger partial charge >= 0.3 is 0 Å². The van der Waals surface area contributed by atoms with Gasteiger partial charge in [-0.1, -0.05) is 41.2 Å². The number of nitrogens with one attached hydrogen (secondary N) is 1. The summed E-state index contributed by atoms with van der Waals surface area (Å²) in [6.07, 6.45) is 2.17. The minimum atomic E-state index is 0.0265. The Kier molecular flexibility index (Phi) is 4.89. The maximum absolute atomic E-state index is 12.3. The van der Waals surface area contributed by atoms with Gasteiger partial charge in [-0.2, -0.15) is 0 Å². The first-order chi connectivity index (χ1) is 12.7.